The first-order valence-corrected chi connectivity index (χ1v) is 16.8. The number of pyridine rings is 1. The van der Waals surface area contributed by atoms with Gasteiger partial charge in [0.05, 0.1) is 28.1 Å². The molecule has 4 nitrogen and oxygen atoms in total. The molecule has 0 spiro atoms. The van der Waals surface area contributed by atoms with E-state index in [0.717, 1.165) is 67.9 Å². The van der Waals surface area contributed by atoms with Crippen molar-refractivity contribution in [2.45, 2.75) is 13.5 Å². The first-order valence-electron chi connectivity index (χ1n) is 16.8. The van der Waals surface area contributed by atoms with Crippen LogP contribution in [0.2, 0.25) is 0 Å². The third kappa shape index (κ3) is 5.15. The molecule has 3 heterocycles. The minimum absolute atomic E-state index is 0.704. The molecule has 9 aromatic rings. The van der Waals surface area contributed by atoms with E-state index < -0.39 is 0 Å². The third-order valence-corrected chi connectivity index (χ3v) is 9.41. The number of hydrogen-bond donors (Lipinski definition) is 0. The maximum atomic E-state index is 5.26. The zero-order chi connectivity index (χ0) is 32.7. The van der Waals surface area contributed by atoms with Gasteiger partial charge in [0.1, 0.15) is 0 Å². The standard InChI is InChI=1S/C45H32N4/c1-2-49-42-19-10-9-18-37(42)38-26-24-34-25-27-39(46-43(34)44(38)49)33-22-20-30(21-23-33)35-16-11-17-36(28-35)45-47-40(31-12-5-3-6-13-31)29-41(48-45)32-14-7-4-8-15-32/h3-29H,2H2,1H3. The second kappa shape index (κ2) is 12.0. The summed E-state index contributed by atoms with van der Waals surface area (Å²) in [5.41, 5.74) is 12.7. The summed E-state index contributed by atoms with van der Waals surface area (Å²) in [4.78, 5) is 15.3. The second-order valence-corrected chi connectivity index (χ2v) is 12.3. The molecule has 4 heteroatoms. The van der Waals surface area contributed by atoms with Crippen LogP contribution in [0, 0.1) is 0 Å². The number of rotatable bonds is 6. The van der Waals surface area contributed by atoms with E-state index in [1.807, 2.05) is 36.4 Å². The SMILES string of the molecule is CCn1c2ccccc2c2ccc3ccc(-c4ccc(-c5cccc(-c6nc(-c7ccccc7)cc(-c7ccccc7)n6)c5)cc4)nc3c21. The van der Waals surface area contributed by atoms with E-state index in [4.69, 9.17) is 15.0 Å². The molecule has 0 N–H and O–H groups in total. The minimum atomic E-state index is 0.704. The fourth-order valence-electron chi connectivity index (χ4n) is 6.97. The fourth-order valence-corrected chi connectivity index (χ4v) is 6.97. The lowest BCUT2D eigenvalue weighted by Gasteiger charge is -2.11. The van der Waals surface area contributed by atoms with Crippen molar-refractivity contribution in [1.82, 2.24) is 19.5 Å². The van der Waals surface area contributed by atoms with Gasteiger partial charge in [-0.25, -0.2) is 15.0 Å². The van der Waals surface area contributed by atoms with Crippen LogP contribution >= 0.6 is 0 Å². The number of aryl methyl sites for hydroxylation is 1. The van der Waals surface area contributed by atoms with Crippen LogP contribution in [0.15, 0.2) is 164 Å². The van der Waals surface area contributed by atoms with E-state index in [9.17, 15) is 0 Å². The van der Waals surface area contributed by atoms with E-state index >= 15 is 0 Å². The molecule has 6 aromatic carbocycles. The molecule has 9 rings (SSSR count). The monoisotopic (exact) mass is 628 g/mol. The normalized spacial score (nSPS) is 11.4. The molecule has 0 bridgehead atoms. The Hall–Kier alpha value is -6.39. The molecule has 0 atom stereocenters. The summed E-state index contributed by atoms with van der Waals surface area (Å²) in [6, 6.07) is 57.3. The van der Waals surface area contributed by atoms with Crippen molar-refractivity contribution in [1.29, 1.82) is 0 Å². The van der Waals surface area contributed by atoms with Crippen LogP contribution in [0.3, 0.4) is 0 Å². The first kappa shape index (κ1) is 28.8. The van der Waals surface area contributed by atoms with Gasteiger partial charge in [0.15, 0.2) is 5.82 Å². The van der Waals surface area contributed by atoms with Gasteiger partial charge in [-0.3, -0.25) is 0 Å². The highest BCUT2D eigenvalue weighted by Gasteiger charge is 2.15. The zero-order valence-corrected chi connectivity index (χ0v) is 27.1. The lowest BCUT2D eigenvalue weighted by molar-refractivity contribution is 0.829. The van der Waals surface area contributed by atoms with Gasteiger partial charge >= 0.3 is 0 Å². The molecular weight excluding hydrogens is 597 g/mol. The average molecular weight is 629 g/mol. The van der Waals surface area contributed by atoms with E-state index in [1.54, 1.807) is 0 Å². The Labute approximate surface area is 285 Å². The molecule has 232 valence electrons. The van der Waals surface area contributed by atoms with Gasteiger partial charge in [-0.15, -0.1) is 0 Å². The van der Waals surface area contributed by atoms with Crippen molar-refractivity contribution < 1.29 is 0 Å². The van der Waals surface area contributed by atoms with Crippen LogP contribution in [-0.4, -0.2) is 19.5 Å². The van der Waals surface area contributed by atoms with Gasteiger partial charge in [0, 0.05) is 50.5 Å². The van der Waals surface area contributed by atoms with Crippen molar-refractivity contribution in [3.05, 3.63) is 164 Å². The van der Waals surface area contributed by atoms with Gasteiger partial charge in [-0.2, -0.15) is 0 Å². The fraction of sp³-hybridized carbons (Fsp3) is 0.0444. The molecule has 0 amide bonds. The molecule has 0 aliphatic carbocycles. The lowest BCUT2D eigenvalue weighted by atomic mass is 10.00. The predicted molar refractivity (Wildman–Crippen MR) is 203 cm³/mol. The maximum absolute atomic E-state index is 5.26. The second-order valence-electron chi connectivity index (χ2n) is 12.3. The highest BCUT2D eigenvalue weighted by molar-refractivity contribution is 6.16. The quantitative estimate of drug-likeness (QED) is 0.184. The Kier molecular flexibility index (Phi) is 7.06. The number of para-hydroxylation sites is 1. The summed E-state index contributed by atoms with van der Waals surface area (Å²) in [5, 5.41) is 3.67. The summed E-state index contributed by atoms with van der Waals surface area (Å²) < 4.78 is 2.39. The van der Waals surface area contributed by atoms with E-state index in [2.05, 4.69) is 139 Å². The summed E-state index contributed by atoms with van der Waals surface area (Å²) in [5.74, 6) is 0.704. The van der Waals surface area contributed by atoms with Crippen molar-refractivity contribution in [3.8, 4) is 56.3 Å². The molecule has 0 aliphatic rings. The highest BCUT2D eigenvalue weighted by Crippen LogP contribution is 2.35. The summed E-state index contributed by atoms with van der Waals surface area (Å²) in [7, 11) is 0. The molecule has 0 radical (unpaired) electrons. The van der Waals surface area contributed by atoms with Crippen LogP contribution in [0.1, 0.15) is 6.92 Å². The number of benzene rings is 6. The van der Waals surface area contributed by atoms with E-state index in [-0.39, 0.29) is 0 Å². The Morgan fingerprint density at radius 3 is 1.73 bits per heavy atom. The number of nitrogens with zero attached hydrogens (tertiary/aromatic N) is 4. The Morgan fingerprint density at radius 1 is 0.429 bits per heavy atom. The zero-order valence-electron chi connectivity index (χ0n) is 27.1. The van der Waals surface area contributed by atoms with E-state index in [0.29, 0.717) is 5.82 Å². The minimum Gasteiger partial charge on any atom is -0.339 e. The molecule has 0 saturated carbocycles. The van der Waals surface area contributed by atoms with Crippen LogP contribution in [0.5, 0.6) is 0 Å². The van der Waals surface area contributed by atoms with Crippen LogP contribution in [-0.2, 0) is 6.54 Å². The van der Waals surface area contributed by atoms with E-state index in [1.165, 1.54) is 21.8 Å². The number of hydrogen-bond acceptors (Lipinski definition) is 3. The first-order chi connectivity index (χ1) is 24.2. The van der Waals surface area contributed by atoms with Crippen LogP contribution in [0.4, 0.5) is 0 Å². The van der Waals surface area contributed by atoms with Gasteiger partial charge in [-0.05, 0) is 42.3 Å². The Bertz CT molecular complexity index is 2560. The van der Waals surface area contributed by atoms with Gasteiger partial charge in [0.2, 0.25) is 0 Å². The summed E-state index contributed by atoms with van der Waals surface area (Å²) in [6.45, 7) is 3.09. The summed E-state index contributed by atoms with van der Waals surface area (Å²) in [6.07, 6.45) is 0. The molecule has 0 fully saturated rings. The predicted octanol–water partition coefficient (Wildman–Crippen LogP) is 11.5. The maximum Gasteiger partial charge on any atom is 0.160 e. The Morgan fingerprint density at radius 2 is 1.02 bits per heavy atom. The van der Waals surface area contributed by atoms with Crippen molar-refractivity contribution in [2.24, 2.45) is 0 Å². The van der Waals surface area contributed by atoms with Crippen molar-refractivity contribution in [2.75, 3.05) is 0 Å². The molecule has 0 unspecified atom stereocenters. The van der Waals surface area contributed by atoms with Gasteiger partial charge < -0.3 is 4.57 Å². The summed E-state index contributed by atoms with van der Waals surface area (Å²) >= 11 is 0. The average Bonchev–Trinajstić information content (AvgIpc) is 3.52. The molecule has 3 aromatic heterocycles. The molecular formula is C45H32N4. The van der Waals surface area contributed by atoms with Crippen LogP contribution < -0.4 is 0 Å². The van der Waals surface area contributed by atoms with Gasteiger partial charge in [0.25, 0.3) is 0 Å². The largest absolute Gasteiger partial charge is 0.339 e. The third-order valence-electron chi connectivity index (χ3n) is 9.41. The number of fused-ring (bicyclic) bond motifs is 5. The smallest absolute Gasteiger partial charge is 0.160 e. The highest BCUT2D eigenvalue weighted by atomic mass is 15.0. The molecule has 0 saturated heterocycles. The van der Waals surface area contributed by atoms with Gasteiger partial charge in [-0.1, -0.05) is 140 Å². The number of aromatic nitrogens is 4. The molecule has 49 heavy (non-hydrogen) atoms. The van der Waals surface area contributed by atoms with Crippen molar-refractivity contribution in [3.63, 3.8) is 0 Å². The van der Waals surface area contributed by atoms with Crippen LogP contribution in [0.25, 0.3) is 89.0 Å². The lowest BCUT2D eigenvalue weighted by Crippen LogP contribution is -1.96. The molecule has 0 aliphatic heterocycles. The van der Waals surface area contributed by atoms with Crippen molar-refractivity contribution >= 4 is 32.7 Å². The topological polar surface area (TPSA) is 43.6 Å². The Balaban J connectivity index is 1.09.